The van der Waals surface area contributed by atoms with Crippen LogP contribution in [0.25, 0.3) is 0 Å². The standard InChI is InChI=1S/C23H29N3O3S2/c1-17(15-26-12-4-3-5-13-26)29-20-7-9-21(10-8-20)31-25-23-11-6-19(14-24-23)22(28)16-30-18(2)27/h6-11,14,17H,3-5,12-13,15-16H2,1-2H3,(H,24,25). The summed E-state index contributed by atoms with van der Waals surface area (Å²) >= 11 is 2.46. The lowest BCUT2D eigenvalue weighted by Crippen LogP contribution is -2.37. The van der Waals surface area contributed by atoms with Gasteiger partial charge < -0.3 is 9.46 Å². The molecule has 3 rings (SSSR count). The van der Waals surface area contributed by atoms with Crippen LogP contribution in [0, 0.1) is 0 Å². The SMILES string of the molecule is CC(=O)SCC(=O)c1ccc(NSc2ccc(OC(C)CN3CCCCC3)cc2)nc1. The second kappa shape index (κ2) is 12.1. The van der Waals surface area contributed by atoms with Crippen molar-refractivity contribution in [2.24, 2.45) is 0 Å². The minimum absolute atomic E-state index is 0.0659. The number of pyridine rings is 1. The average molecular weight is 460 g/mol. The highest BCUT2D eigenvalue weighted by Crippen LogP contribution is 2.23. The number of nitrogens with one attached hydrogen (secondary N) is 1. The van der Waals surface area contributed by atoms with Crippen molar-refractivity contribution in [1.29, 1.82) is 0 Å². The van der Waals surface area contributed by atoms with E-state index in [2.05, 4.69) is 21.5 Å². The number of nitrogens with zero attached hydrogens (tertiary/aromatic N) is 2. The largest absolute Gasteiger partial charge is 0.489 e. The van der Waals surface area contributed by atoms with Crippen molar-refractivity contribution in [2.75, 3.05) is 30.1 Å². The molecule has 1 N–H and O–H groups in total. The number of hydrogen-bond acceptors (Lipinski definition) is 8. The second-order valence-electron chi connectivity index (χ2n) is 7.60. The summed E-state index contributed by atoms with van der Waals surface area (Å²) in [5, 5.41) is -0.0659. The van der Waals surface area contributed by atoms with E-state index in [1.807, 2.05) is 24.3 Å². The number of anilines is 1. The van der Waals surface area contributed by atoms with Gasteiger partial charge in [0.05, 0.1) is 5.75 Å². The van der Waals surface area contributed by atoms with E-state index >= 15 is 0 Å². The van der Waals surface area contributed by atoms with Gasteiger partial charge in [0.15, 0.2) is 10.9 Å². The molecule has 1 aromatic carbocycles. The van der Waals surface area contributed by atoms with Crippen LogP contribution in [0.15, 0.2) is 47.5 Å². The fraction of sp³-hybridized carbons (Fsp3) is 0.435. The zero-order valence-corrected chi connectivity index (χ0v) is 19.6. The fourth-order valence-corrected chi connectivity index (χ4v) is 4.46. The molecule has 166 valence electrons. The maximum absolute atomic E-state index is 12.0. The summed E-state index contributed by atoms with van der Waals surface area (Å²) in [6, 6.07) is 11.5. The number of aromatic nitrogens is 1. The summed E-state index contributed by atoms with van der Waals surface area (Å²) in [7, 11) is 0. The van der Waals surface area contributed by atoms with Crippen LogP contribution in [0.2, 0.25) is 0 Å². The molecular weight excluding hydrogens is 430 g/mol. The van der Waals surface area contributed by atoms with Crippen LogP contribution in [0.3, 0.4) is 0 Å². The lowest BCUT2D eigenvalue weighted by Gasteiger charge is -2.29. The molecule has 1 aliphatic rings. The van der Waals surface area contributed by atoms with Gasteiger partial charge in [0.2, 0.25) is 0 Å². The molecule has 1 saturated heterocycles. The lowest BCUT2D eigenvalue weighted by atomic mass is 10.1. The van der Waals surface area contributed by atoms with Crippen LogP contribution in [-0.4, -0.2) is 52.3 Å². The molecule has 0 saturated carbocycles. The summed E-state index contributed by atoms with van der Waals surface area (Å²) < 4.78 is 9.25. The molecule has 1 fully saturated rings. The number of hydrogen-bond donors (Lipinski definition) is 1. The van der Waals surface area contributed by atoms with Gasteiger partial charge in [0, 0.05) is 30.1 Å². The van der Waals surface area contributed by atoms with Gasteiger partial charge in [-0.3, -0.25) is 14.5 Å². The third-order valence-electron chi connectivity index (χ3n) is 4.89. The molecule has 8 heteroatoms. The number of carbonyl (C=O) groups excluding carboxylic acids is 2. The first-order valence-corrected chi connectivity index (χ1v) is 12.3. The normalized spacial score (nSPS) is 15.3. The molecule has 0 bridgehead atoms. The Balaban J connectivity index is 1.43. The molecule has 1 aliphatic heterocycles. The predicted octanol–water partition coefficient (Wildman–Crippen LogP) is 4.92. The Morgan fingerprint density at radius 1 is 1.13 bits per heavy atom. The molecular formula is C23H29N3O3S2. The van der Waals surface area contributed by atoms with Crippen molar-refractivity contribution in [3.63, 3.8) is 0 Å². The lowest BCUT2D eigenvalue weighted by molar-refractivity contribution is -0.109. The third kappa shape index (κ3) is 8.20. The highest BCUT2D eigenvalue weighted by Gasteiger charge is 2.14. The van der Waals surface area contributed by atoms with Crippen molar-refractivity contribution in [2.45, 2.75) is 44.1 Å². The number of ether oxygens (including phenoxy) is 1. The van der Waals surface area contributed by atoms with E-state index in [-0.39, 0.29) is 22.8 Å². The highest BCUT2D eigenvalue weighted by atomic mass is 32.2. The number of Topliss-reactive ketones (excluding diaryl/α,β-unsaturated/α-hetero) is 1. The predicted molar refractivity (Wildman–Crippen MR) is 128 cm³/mol. The maximum Gasteiger partial charge on any atom is 0.186 e. The molecule has 31 heavy (non-hydrogen) atoms. The van der Waals surface area contributed by atoms with Crippen LogP contribution in [0.1, 0.15) is 43.5 Å². The van der Waals surface area contributed by atoms with Crippen molar-refractivity contribution < 1.29 is 14.3 Å². The van der Waals surface area contributed by atoms with Crippen molar-refractivity contribution in [1.82, 2.24) is 9.88 Å². The highest BCUT2D eigenvalue weighted by molar-refractivity contribution is 8.14. The van der Waals surface area contributed by atoms with Gasteiger partial charge in [-0.15, -0.1) is 0 Å². The quantitative estimate of drug-likeness (QED) is 0.397. The Kier molecular flexibility index (Phi) is 9.24. The molecule has 1 atom stereocenters. The topological polar surface area (TPSA) is 71.5 Å². The first-order chi connectivity index (χ1) is 15.0. The summed E-state index contributed by atoms with van der Waals surface area (Å²) in [5.74, 6) is 1.58. The molecule has 0 aliphatic carbocycles. The van der Waals surface area contributed by atoms with E-state index < -0.39 is 0 Å². The minimum atomic E-state index is -0.1000. The van der Waals surface area contributed by atoms with Gasteiger partial charge in [-0.25, -0.2) is 4.98 Å². The van der Waals surface area contributed by atoms with Gasteiger partial charge >= 0.3 is 0 Å². The van der Waals surface area contributed by atoms with Gasteiger partial charge in [-0.1, -0.05) is 18.2 Å². The van der Waals surface area contributed by atoms with E-state index in [0.717, 1.165) is 29.0 Å². The van der Waals surface area contributed by atoms with Crippen LogP contribution in [0.5, 0.6) is 5.75 Å². The van der Waals surface area contributed by atoms with Crippen LogP contribution in [-0.2, 0) is 4.79 Å². The maximum atomic E-state index is 12.0. The summed E-state index contributed by atoms with van der Waals surface area (Å²) in [5.41, 5.74) is 0.504. The van der Waals surface area contributed by atoms with Gasteiger partial charge in [-0.05, 0) is 81.2 Å². The molecule has 6 nitrogen and oxygen atoms in total. The molecule has 0 radical (unpaired) electrons. The Labute approximate surface area is 192 Å². The van der Waals surface area contributed by atoms with Crippen molar-refractivity contribution in [3.8, 4) is 5.75 Å². The van der Waals surface area contributed by atoms with Crippen molar-refractivity contribution >= 4 is 40.4 Å². The zero-order chi connectivity index (χ0) is 22.1. The third-order valence-corrected chi connectivity index (χ3v) is 6.52. The van der Waals surface area contributed by atoms with E-state index in [4.69, 9.17) is 4.74 Å². The van der Waals surface area contributed by atoms with Crippen LogP contribution < -0.4 is 9.46 Å². The Morgan fingerprint density at radius 2 is 1.87 bits per heavy atom. The summed E-state index contributed by atoms with van der Waals surface area (Å²) in [4.78, 5) is 30.8. The van der Waals surface area contributed by atoms with E-state index in [1.54, 1.807) is 12.1 Å². The number of benzene rings is 1. The number of likely N-dealkylation sites (tertiary alicyclic amines) is 1. The first kappa shape index (κ1) is 23.6. The summed E-state index contributed by atoms with van der Waals surface area (Å²) in [6.45, 7) is 6.90. The number of ketones is 1. The molecule has 1 aromatic heterocycles. The fourth-order valence-electron chi connectivity index (χ4n) is 3.34. The second-order valence-corrected chi connectivity index (χ2v) is 9.63. The first-order valence-electron chi connectivity index (χ1n) is 10.5. The van der Waals surface area contributed by atoms with Crippen molar-refractivity contribution in [3.05, 3.63) is 48.2 Å². The molecule has 2 aromatic rings. The van der Waals surface area contributed by atoms with Gasteiger partial charge in [0.25, 0.3) is 0 Å². The van der Waals surface area contributed by atoms with E-state index in [1.165, 1.54) is 57.4 Å². The molecule has 0 spiro atoms. The minimum Gasteiger partial charge on any atom is -0.489 e. The Morgan fingerprint density at radius 3 is 2.52 bits per heavy atom. The number of carbonyl (C=O) groups is 2. The summed E-state index contributed by atoms with van der Waals surface area (Å²) in [6.07, 6.45) is 5.62. The Bertz CT molecular complexity index is 853. The Hall–Kier alpha value is -2.03. The number of thioether (sulfide) groups is 1. The number of piperidine rings is 1. The smallest absolute Gasteiger partial charge is 0.186 e. The van der Waals surface area contributed by atoms with Crippen LogP contribution >= 0.6 is 23.7 Å². The van der Waals surface area contributed by atoms with E-state index in [9.17, 15) is 9.59 Å². The monoisotopic (exact) mass is 459 g/mol. The number of rotatable bonds is 10. The molecule has 2 heterocycles. The van der Waals surface area contributed by atoms with Gasteiger partial charge in [-0.2, -0.15) is 0 Å². The molecule has 1 unspecified atom stereocenters. The van der Waals surface area contributed by atoms with Crippen LogP contribution in [0.4, 0.5) is 5.82 Å². The van der Waals surface area contributed by atoms with E-state index in [0.29, 0.717) is 11.4 Å². The average Bonchev–Trinajstić information content (AvgIpc) is 2.78. The van der Waals surface area contributed by atoms with Gasteiger partial charge in [0.1, 0.15) is 17.7 Å². The zero-order valence-electron chi connectivity index (χ0n) is 18.0. The molecule has 0 amide bonds.